The normalized spacial score (nSPS) is 14.7. The van der Waals surface area contributed by atoms with Crippen molar-refractivity contribution in [3.05, 3.63) is 65.7 Å². The Kier molecular flexibility index (Phi) is 5.57. The lowest BCUT2D eigenvalue weighted by atomic mass is 9.93. The zero-order valence-electron chi connectivity index (χ0n) is 13.7. The van der Waals surface area contributed by atoms with Crippen LogP contribution in [0.4, 0.5) is 0 Å². The van der Waals surface area contributed by atoms with E-state index in [9.17, 15) is 8.42 Å². The van der Waals surface area contributed by atoms with Gasteiger partial charge in [0.15, 0.2) is 0 Å². The standard InChI is InChI=1S/C18H24N2O2S/c1-13(2)17(19)18(15-7-5-4-6-8-15)20-23(21,22)16-11-9-14(3)10-12-16/h4-13,17-18,20H,19H2,1-3H3/t17-,18-/m1/s1. The molecule has 2 atom stereocenters. The van der Waals surface area contributed by atoms with E-state index in [0.29, 0.717) is 0 Å². The molecule has 5 heteroatoms. The molecule has 0 aromatic heterocycles. The summed E-state index contributed by atoms with van der Waals surface area (Å²) >= 11 is 0. The molecular weight excluding hydrogens is 308 g/mol. The highest BCUT2D eigenvalue weighted by Crippen LogP contribution is 2.23. The van der Waals surface area contributed by atoms with Crippen molar-refractivity contribution >= 4 is 10.0 Å². The molecule has 2 rings (SSSR count). The Balaban J connectivity index is 2.35. The van der Waals surface area contributed by atoms with Crippen molar-refractivity contribution in [2.24, 2.45) is 11.7 Å². The summed E-state index contributed by atoms with van der Waals surface area (Å²) in [5, 5.41) is 0. The van der Waals surface area contributed by atoms with Crippen LogP contribution in [0.2, 0.25) is 0 Å². The third-order valence-electron chi connectivity index (χ3n) is 3.93. The predicted octanol–water partition coefficient (Wildman–Crippen LogP) is 3.00. The first kappa shape index (κ1) is 17.7. The van der Waals surface area contributed by atoms with Crippen molar-refractivity contribution < 1.29 is 8.42 Å². The highest BCUT2D eigenvalue weighted by molar-refractivity contribution is 7.89. The zero-order chi connectivity index (χ0) is 17.0. The van der Waals surface area contributed by atoms with Gasteiger partial charge in [0.1, 0.15) is 0 Å². The summed E-state index contributed by atoms with van der Waals surface area (Å²) in [5.41, 5.74) is 8.16. The van der Waals surface area contributed by atoms with Gasteiger partial charge in [0, 0.05) is 6.04 Å². The van der Waals surface area contributed by atoms with Crippen LogP contribution in [0.15, 0.2) is 59.5 Å². The van der Waals surface area contributed by atoms with Crippen molar-refractivity contribution in [1.29, 1.82) is 0 Å². The first-order valence-electron chi connectivity index (χ1n) is 7.71. The molecule has 3 N–H and O–H groups in total. The van der Waals surface area contributed by atoms with E-state index >= 15 is 0 Å². The second kappa shape index (κ2) is 7.25. The molecule has 0 aliphatic carbocycles. The van der Waals surface area contributed by atoms with E-state index in [4.69, 9.17) is 5.73 Å². The number of sulfonamides is 1. The topological polar surface area (TPSA) is 72.2 Å². The maximum atomic E-state index is 12.7. The van der Waals surface area contributed by atoms with E-state index < -0.39 is 16.1 Å². The molecular formula is C18H24N2O2S. The minimum atomic E-state index is -3.63. The highest BCUT2D eigenvalue weighted by atomic mass is 32.2. The van der Waals surface area contributed by atoms with Crippen LogP contribution < -0.4 is 10.5 Å². The second-order valence-electron chi connectivity index (χ2n) is 6.14. The van der Waals surface area contributed by atoms with E-state index in [1.807, 2.05) is 51.1 Å². The van der Waals surface area contributed by atoms with Gasteiger partial charge in [-0.15, -0.1) is 0 Å². The average Bonchev–Trinajstić information content (AvgIpc) is 2.53. The van der Waals surface area contributed by atoms with Crippen molar-refractivity contribution in [2.45, 2.75) is 37.8 Å². The van der Waals surface area contributed by atoms with Gasteiger partial charge < -0.3 is 5.73 Å². The Morgan fingerprint density at radius 3 is 2.04 bits per heavy atom. The maximum absolute atomic E-state index is 12.7. The van der Waals surface area contributed by atoms with Gasteiger partial charge in [-0.2, -0.15) is 0 Å². The highest BCUT2D eigenvalue weighted by Gasteiger charge is 2.28. The van der Waals surface area contributed by atoms with Crippen LogP contribution in [0.3, 0.4) is 0 Å². The number of nitrogens with two attached hydrogens (primary N) is 1. The van der Waals surface area contributed by atoms with Gasteiger partial charge in [-0.25, -0.2) is 13.1 Å². The van der Waals surface area contributed by atoms with Crippen molar-refractivity contribution in [2.75, 3.05) is 0 Å². The number of nitrogens with one attached hydrogen (secondary N) is 1. The van der Waals surface area contributed by atoms with Gasteiger partial charge in [0.25, 0.3) is 0 Å². The second-order valence-corrected chi connectivity index (χ2v) is 7.86. The third kappa shape index (κ3) is 4.41. The van der Waals surface area contributed by atoms with Crippen LogP contribution in [0, 0.1) is 12.8 Å². The molecule has 0 heterocycles. The number of hydrogen-bond acceptors (Lipinski definition) is 3. The van der Waals surface area contributed by atoms with E-state index in [2.05, 4.69) is 4.72 Å². The first-order valence-corrected chi connectivity index (χ1v) is 9.19. The van der Waals surface area contributed by atoms with E-state index in [1.165, 1.54) is 0 Å². The summed E-state index contributed by atoms with van der Waals surface area (Å²) in [6, 6.07) is 15.5. The Bertz CT molecular complexity index is 725. The van der Waals surface area contributed by atoms with Crippen LogP contribution in [0.25, 0.3) is 0 Å². The summed E-state index contributed by atoms with van der Waals surface area (Å²) in [6.07, 6.45) is 0. The lowest BCUT2D eigenvalue weighted by molar-refractivity contribution is 0.398. The van der Waals surface area contributed by atoms with E-state index in [1.54, 1.807) is 24.3 Å². The fourth-order valence-corrected chi connectivity index (χ4v) is 3.62. The molecule has 2 aromatic rings. The number of hydrogen-bond donors (Lipinski definition) is 2. The average molecular weight is 332 g/mol. The molecule has 0 aliphatic rings. The van der Waals surface area contributed by atoms with Gasteiger partial charge in [-0.1, -0.05) is 61.9 Å². The summed E-state index contributed by atoms with van der Waals surface area (Å²) < 4.78 is 28.1. The molecule has 0 spiro atoms. The van der Waals surface area contributed by atoms with E-state index in [-0.39, 0.29) is 16.9 Å². The van der Waals surface area contributed by atoms with Crippen LogP contribution in [0.5, 0.6) is 0 Å². The molecule has 0 amide bonds. The van der Waals surface area contributed by atoms with Crippen LogP contribution in [-0.2, 0) is 10.0 Å². The number of benzene rings is 2. The third-order valence-corrected chi connectivity index (χ3v) is 5.38. The van der Waals surface area contributed by atoms with Gasteiger partial charge in [0.2, 0.25) is 10.0 Å². The van der Waals surface area contributed by atoms with Crippen molar-refractivity contribution in [3.8, 4) is 0 Å². The summed E-state index contributed by atoms with van der Waals surface area (Å²) in [6.45, 7) is 5.90. The van der Waals surface area contributed by atoms with Crippen LogP contribution in [0.1, 0.15) is 31.0 Å². The molecule has 4 nitrogen and oxygen atoms in total. The molecule has 0 saturated heterocycles. The van der Waals surface area contributed by atoms with Crippen LogP contribution in [-0.4, -0.2) is 14.5 Å². The van der Waals surface area contributed by atoms with Gasteiger partial charge >= 0.3 is 0 Å². The van der Waals surface area contributed by atoms with Crippen LogP contribution >= 0.6 is 0 Å². The molecule has 0 radical (unpaired) electrons. The maximum Gasteiger partial charge on any atom is 0.241 e. The summed E-state index contributed by atoms with van der Waals surface area (Å²) in [5.74, 6) is 0.140. The molecule has 0 bridgehead atoms. The predicted molar refractivity (Wildman–Crippen MR) is 93.5 cm³/mol. The SMILES string of the molecule is Cc1ccc(S(=O)(=O)N[C@H](c2ccccc2)[C@H](N)C(C)C)cc1. The van der Waals surface area contributed by atoms with E-state index in [0.717, 1.165) is 11.1 Å². The smallest absolute Gasteiger partial charge is 0.241 e. The Morgan fingerprint density at radius 1 is 0.957 bits per heavy atom. The minimum Gasteiger partial charge on any atom is -0.326 e. The quantitative estimate of drug-likeness (QED) is 0.854. The van der Waals surface area contributed by atoms with Crippen molar-refractivity contribution in [1.82, 2.24) is 4.72 Å². The molecule has 0 aliphatic heterocycles. The van der Waals surface area contributed by atoms with Gasteiger partial charge in [-0.3, -0.25) is 0 Å². The molecule has 2 aromatic carbocycles. The number of rotatable bonds is 6. The molecule has 0 saturated carbocycles. The molecule has 23 heavy (non-hydrogen) atoms. The molecule has 124 valence electrons. The number of aryl methyl sites for hydroxylation is 1. The van der Waals surface area contributed by atoms with Gasteiger partial charge in [0.05, 0.1) is 10.9 Å². The summed E-state index contributed by atoms with van der Waals surface area (Å²) in [7, 11) is -3.63. The lowest BCUT2D eigenvalue weighted by Gasteiger charge is -2.28. The molecule has 0 fully saturated rings. The Morgan fingerprint density at radius 2 is 1.52 bits per heavy atom. The van der Waals surface area contributed by atoms with Crippen molar-refractivity contribution in [3.63, 3.8) is 0 Å². The molecule has 0 unspecified atom stereocenters. The summed E-state index contributed by atoms with van der Waals surface area (Å²) in [4.78, 5) is 0.250. The largest absolute Gasteiger partial charge is 0.326 e. The monoisotopic (exact) mass is 332 g/mol. The fourth-order valence-electron chi connectivity index (χ4n) is 2.37. The Hall–Kier alpha value is -1.69. The first-order chi connectivity index (χ1) is 10.8. The van der Waals surface area contributed by atoms with Gasteiger partial charge in [-0.05, 0) is 30.5 Å². The Labute approximate surface area is 138 Å². The fraction of sp³-hybridized carbons (Fsp3) is 0.333. The zero-order valence-corrected chi connectivity index (χ0v) is 14.5. The lowest BCUT2D eigenvalue weighted by Crippen LogP contribution is -2.43. The minimum absolute atomic E-state index is 0.140.